The number of nitrogens with one attached hydrogen (secondary N) is 1. The van der Waals surface area contributed by atoms with E-state index in [1.807, 2.05) is 17.9 Å². The van der Waals surface area contributed by atoms with Crippen LogP contribution in [0, 0.1) is 6.92 Å². The van der Waals surface area contributed by atoms with Crippen LogP contribution in [0.25, 0.3) is 0 Å². The first kappa shape index (κ1) is 21.9. The molecule has 2 rings (SSSR count). The van der Waals surface area contributed by atoms with Crippen LogP contribution in [0.3, 0.4) is 0 Å². The highest BCUT2D eigenvalue weighted by Gasteiger charge is 2.23. The quantitative estimate of drug-likeness (QED) is 0.830. The number of carbonyl (C=O) groups excluding carboxylic acids is 2. The summed E-state index contributed by atoms with van der Waals surface area (Å²) < 4.78 is 5.17. The molecule has 1 aromatic heterocycles. The first-order valence-corrected chi connectivity index (χ1v) is 9.90. The van der Waals surface area contributed by atoms with E-state index < -0.39 is 11.7 Å². The summed E-state index contributed by atoms with van der Waals surface area (Å²) in [7, 11) is 0. The number of carbonyl (C=O) groups is 2. The summed E-state index contributed by atoms with van der Waals surface area (Å²) in [5.41, 5.74) is 0.416. The Morgan fingerprint density at radius 3 is 2.39 bits per heavy atom. The number of alkyl carbamates (subject to hydrolysis) is 1. The maximum atomic E-state index is 12.4. The van der Waals surface area contributed by atoms with Gasteiger partial charge in [0, 0.05) is 56.8 Å². The van der Waals surface area contributed by atoms with E-state index in [-0.39, 0.29) is 24.8 Å². The molecule has 0 bridgehead atoms. The number of amides is 2. The fourth-order valence-corrected chi connectivity index (χ4v) is 2.92. The summed E-state index contributed by atoms with van der Waals surface area (Å²) in [5, 5.41) is 2.63. The molecule has 0 spiro atoms. The van der Waals surface area contributed by atoms with Gasteiger partial charge in [-0.15, -0.1) is 0 Å². The molecule has 1 saturated heterocycles. The van der Waals surface area contributed by atoms with Crippen LogP contribution in [0.15, 0.2) is 6.07 Å². The van der Waals surface area contributed by atoms with Crippen molar-refractivity contribution in [2.24, 2.45) is 0 Å². The smallest absolute Gasteiger partial charge is 0.407 e. The molecule has 1 fully saturated rings. The minimum Gasteiger partial charge on any atom is -0.444 e. The minimum absolute atomic E-state index is 0.0393. The Balaban J connectivity index is 1.80. The van der Waals surface area contributed by atoms with E-state index in [0.717, 1.165) is 30.4 Å². The largest absolute Gasteiger partial charge is 0.444 e. The summed E-state index contributed by atoms with van der Waals surface area (Å²) in [5.74, 6) is 2.09. The zero-order valence-electron chi connectivity index (χ0n) is 17.9. The van der Waals surface area contributed by atoms with Gasteiger partial charge in [0.15, 0.2) is 0 Å². The van der Waals surface area contributed by atoms with E-state index in [9.17, 15) is 9.59 Å². The molecule has 0 aliphatic carbocycles. The van der Waals surface area contributed by atoms with Crippen molar-refractivity contribution in [3.63, 3.8) is 0 Å². The molecule has 2 amide bonds. The first-order valence-electron chi connectivity index (χ1n) is 9.90. The number of nitrogens with zero attached hydrogens (tertiary/aromatic N) is 4. The molecule has 8 heteroatoms. The number of aryl methyl sites for hydroxylation is 1. The highest BCUT2D eigenvalue weighted by molar-refractivity contribution is 5.77. The van der Waals surface area contributed by atoms with Crippen molar-refractivity contribution in [2.45, 2.75) is 59.5 Å². The molecule has 1 aliphatic rings. The predicted molar refractivity (Wildman–Crippen MR) is 109 cm³/mol. The molecule has 0 atom stereocenters. The monoisotopic (exact) mass is 391 g/mol. The van der Waals surface area contributed by atoms with Crippen molar-refractivity contribution >= 4 is 17.8 Å². The third kappa shape index (κ3) is 6.65. The maximum absolute atomic E-state index is 12.4. The Bertz CT molecular complexity index is 692. The molecule has 1 aromatic rings. The van der Waals surface area contributed by atoms with Crippen LogP contribution >= 0.6 is 0 Å². The second-order valence-electron chi connectivity index (χ2n) is 8.43. The minimum atomic E-state index is -0.542. The lowest BCUT2D eigenvalue weighted by molar-refractivity contribution is -0.131. The lowest BCUT2D eigenvalue weighted by atomic mass is 10.2. The van der Waals surface area contributed by atoms with Crippen molar-refractivity contribution in [3.05, 3.63) is 17.6 Å². The van der Waals surface area contributed by atoms with E-state index >= 15 is 0 Å². The van der Waals surface area contributed by atoms with Gasteiger partial charge >= 0.3 is 6.09 Å². The summed E-state index contributed by atoms with van der Waals surface area (Å²) in [6.45, 7) is 14.6. The SMILES string of the molecule is Cc1cc(N2CCN(C(=O)CCNC(=O)OC(C)(C)C)CC2)nc(C(C)C)n1. The molecule has 156 valence electrons. The summed E-state index contributed by atoms with van der Waals surface area (Å²) in [6, 6.07) is 1.99. The van der Waals surface area contributed by atoms with E-state index in [2.05, 4.69) is 34.0 Å². The van der Waals surface area contributed by atoms with Crippen molar-refractivity contribution in [1.82, 2.24) is 20.2 Å². The number of piperazine rings is 1. The van der Waals surface area contributed by atoms with Gasteiger partial charge < -0.3 is 19.9 Å². The molecule has 2 heterocycles. The van der Waals surface area contributed by atoms with Gasteiger partial charge in [0.1, 0.15) is 17.2 Å². The number of hydrogen-bond acceptors (Lipinski definition) is 6. The number of rotatable bonds is 5. The molecular formula is C20H33N5O3. The Morgan fingerprint density at radius 2 is 1.82 bits per heavy atom. The zero-order chi connectivity index (χ0) is 20.9. The second-order valence-corrected chi connectivity index (χ2v) is 8.43. The van der Waals surface area contributed by atoms with Gasteiger partial charge in [-0.1, -0.05) is 13.8 Å². The average molecular weight is 392 g/mol. The molecule has 0 unspecified atom stereocenters. The maximum Gasteiger partial charge on any atom is 0.407 e. The van der Waals surface area contributed by atoms with Gasteiger partial charge in [0.2, 0.25) is 5.91 Å². The Kier molecular flexibility index (Phi) is 7.21. The lowest BCUT2D eigenvalue weighted by Gasteiger charge is -2.35. The Hall–Kier alpha value is -2.38. The standard InChI is InChI=1S/C20H33N5O3/c1-14(2)18-22-15(3)13-16(23-18)24-9-11-25(12-10-24)17(26)7-8-21-19(27)28-20(4,5)6/h13-14H,7-12H2,1-6H3,(H,21,27). The van der Waals surface area contributed by atoms with Gasteiger partial charge in [-0.05, 0) is 27.7 Å². The van der Waals surface area contributed by atoms with Crippen LogP contribution in [0.2, 0.25) is 0 Å². The van der Waals surface area contributed by atoms with Crippen LogP contribution in [0.5, 0.6) is 0 Å². The summed E-state index contributed by atoms with van der Waals surface area (Å²) in [4.78, 5) is 37.2. The van der Waals surface area contributed by atoms with Crippen LogP contribution in [0.4, 0.5) is 10.6 Å². The van der Waals surface area contributed by atoms with Crippen molar-refractivity contribution in [1.29, 1.82) is 0 Å². The van der Waals surface area contributed by atoms with Crippen molar-refractivity contribution < 1.29 is 14.3 Å². The van der Waals surface area contributed by atoms with Crippen LogP contribution in [-0.4, -0.2) is 65.2 Å². The topological polar surface area (TPSA) is 87.7 Å². The van der Waals surface area contributed by atoms with Gasteiger partial charge in [0.05, 0.1) is 0 Å². The highest BCUT2D eigenvalue weighted by Crippen LogP contribution is 2.19. The van der Waals surface area contributed by atoms with Crippen LogP contribution in [-0.2, 0) is 9.53 Å². The van der Waals surface area contributed by atoms with E-state index in [1.54, 1.807) is 20.8 Å². The zero-order valence-corrected chi connectivity index (χ0v) is 17.9. The second kappa shape index (κ2) is 9.21. The Labute approximate surface area is 167 Å². The molecule has 1 N–H and O–H groups in total. The normalized spacial score (nSPS) is 15.0. The van der Waals surface area contributed by atoms with Gasteiger partial charge in [0.25, 0.3) is 0 Å². The van der Waals surface area contributed by atoms with E-state index in [4.69, 9.17) is 4.74 Å². The van der Waals surface area contributed by atoms with Crippen LogP contribution < -0.4 is 10.2 Å². The van der Waals surface area contributed by atoms with Gasteiger partial charge in [-0.25, -0.2) is 14.8 Å². The molecule has 0 aromatic carbocycles. The average Bonchev–Trinajstić information content (AvgIpc) is 2.59. The number of anilines is 1. The van der Waals surface area contributed by atoms with E-state index in [1.165, 1.54) is 0 Å². The number of aromatic nitrogens is 2. The summed E-state index contributed by atoms with van der Waals surface area (Å²) >= 11 is 0. The summed E-state index contributed by atoms with van der Waals surface area (Å²) in [6.07, 6.45) is -0.228. The Morgan fingerprint density at radius 1 is 1.18 bits per heavy atom. The highest BCUT2D eigenvalue weighted by atomic mass is 16.6. The lowest BCUT2D eigenvalue weighted by Crippen LogP contribution is -2.49. The molecular weight excluding hydrogens is 358 g/mol. The van der Waals surface area contributed by atoms with Gasteiger partial charge in [-0.3, -0.25) is 4.79 Å². The van der Waals surface area contributed by atoms with Crippen molar-refractivity contribution in [3.8, 4) is 0 Å². The molecule has 28 heavy (non-hydrogen) atoms. The first-order chi connectivity index (χ1) is 13.0. The van der Waals surface area contributed by atoms with Crippen LogP contribution in [0.1, 0.15) is 58.5 Å². The third-order valence-electron chi connectivity index (χ3n) is 4.34. The predicted octanol–water partition coefficient (Wildman–Crippen LogP) is 2.47. The molecule has 0 radical (unpaired) electrons. The third-order valence-corrected chi connectivity index (χ3v) is 4.34. The molecule has 8 nitrogen and oxygen atoms in total. The fourth-order valence-electron chi connectivity index (χ4n) is 2.92. The number of hydrogen-bond donors (Lipinski definition) is 1. The molecule has 0 saturated carbocycles. The fraction of sp³-hybridized carbons (Fsp3) is 0.700. The van der Waals surface area contributed by atoms with E-state index in [0.29, 0.717) is 13.1 Å². The molecule has 1 aliphatic heterocycles. The number of ether oxygens (including phenoxy) is 1. The van der Waals surface area contributed by atoms with Gasteiger partial charge in [-0.2, -0.15) is 0 Å². The van der Waals surface area contributed by atoms with Crippen molar-refractivity contribution in [2.75, 3.05) is 37.6 Å².